The summed E-state index contributed by atoms with van der Waals surface area (Å²) in [4.78, 5) is 5.61. The van der Waals surface area contributed by atoms with Crippen LogP contribution in [0.15, 0.2) is 29.8 Å². The largest absolute Gasteiger partial charge is 0.481 e. The number of rotatable bonds is 6. The molecule has 102 valence electrons. The lowest BCUT2D eigenvalue weighted by Crippen LogP contribution is -2.22. The Morgan fingerprint density at radius 3 is 2.79 bits per heavy atom. The quantitative estimate of drug-likeness (QED) is 0.878. The van der Waals surface area contributed by atoms with E-state index in [0.29, 0.717) is 11.9 Å². The number of aryl methyl sites for hydroxylation is 1. The molecule has 4 heteroatoms. The van der Waals surface area contributed by atoms with Gasteiger partial charge in [-0.2, -0.15) is 0 Å². The van der Waals surface area contributed by atoms with Gasteiger partial charge in [0.15, 0.2) is 0 Å². The third kappa shape index (κ3) is 3.78. The summed E-state index contributed by atoms with van der Waals surface area (Å²) in [6.07, 6.45) is 2.84. The number of likely N-dealkylation sites (N-methyl/N-ethyl adjacent to an activating group) is 1. The minimum Gasteiger partial charge on any atom is -0.481 e. The van der Waals surface area contributed by atoms with E-state index in [1.54, 1.807) is 18.4 Å². The molecule has 0 aliphatic rings. The predicted octanol–water partition coefficient (Wildman–Crippen LogP) is 3.35. The third-order valence-corrected chi connectivity index (χ3v) is 3.93. The molecule has 0 fully saturated rings. The Hall–Kier alpha value is -1.39. The Balaban J connectivity index is 2.11. The molecule has 2 rings (SSSR count). The van der Waals surface area contributed by atoms with Crippen LogP contribution in [0.1, 0.15) is 29.0 Å². The van der Waals surface area contributed by atoms with Gasteiger partial charge in [-0.25, -0.2) is 4.98 Å². The van der Waals surface area contributed by atoms with Crippen molar-refractivity contribution in [3.05, 3.63) is 45.8 Å². The van der Waals surface area contributed by atoms with Gasteiger partial charge in [0.1, 0.15) is 0 Å². The Bertz CT molecular complexity index is 507. The summed E-state index contributed by atoms with van der Waals surface area (Å²) >= 11 is 1.80. The van der Waals surface area contributed by atoms with Crippen LogP contribution in [0.5, 0.6) is 5.88 Å². The number of methoxy groups -OCH3 is 1. The van der Waals surface area contributed by atoms with Crippen LogP contribution < -0.4 is 10.1 Å². The molecule has 0 aliphatic carbocycles. The molecule has 1 atom stereocenters. The van der Waals surface area contributed by atoms with Crippen LogP contribution in [0, 0.1) is 6.92 Å². The molecule has 19 heavy (non-hydrogen) atoms. The minimum absolute atomic E-state index is 0.352. The molecular formula is C15H20N2OS. The van der Waals surface area contributed by atoms with Crippen molar-refractivity contribution >= 4 is 11.3 Å². The summed E-state index contributed by atoms with van der Waals surface area (Å²) in [5.41, 5.74) is 2.58. The molecule has 3 nitrogen and oxygen atoms in total. The highest BCUT2D eigenvalue weighted by atomic mass is 32.1. The lowest BCUT2D eigenvalue weighted by atomic mass is 10.0. The van der Waals surface area contributed by atoms with Gasteiger partial charge >= 0.3 is 0 Å². The summed E-state index contributed by atoms with van der Waals surface area (Å²) in [6.45, 7) is 5.24. The fourth-order valence-corrected chi connectivity index (χ4v) is 2.85. The van der Waals surface area contributed by atoms with E-state index < -0.39 is 0 Å². The highest BCUT2D eigenvalue weighted by Crippen LogP contribution is 2.23. The fraction of sp³-hybridized carbons (Fsp3) is 0.400. The van der Waals surface area contributed by atoms with Gasteiger partial charge in [-0.3, -0.25) is 0 Å². The SMILES string of the molecule is CCNC(Cc1ccc(OC)nc1)c1csc(C)c1. The maximum absolute atomic E-state index is 5.08. The smallest absolute Gasteiger partial charge is 0.212 e. The van der Waals surface area contributed by atoms with Gasteiger partial charge in [0.05, 0.1) is 7.11 Å². The van der Waals surface area contributed by atoms with E-state index in [1.807, 2.05) is 12.3 Å². The summed E-state index contributed by atoms with van der Waals surface area (Å²) in [7, 11) is 1.64. The number of nitrogens with zero attached hydrogens (tertiary/aromatic N) is 1. The first-order valence-electron chi connectivity index (χ1n) is 6.50. The van der Waals surface area contributed by atoms with E-state index in [2.05, 4.69) is 41.7 Å². The Labute approximate surface area is 118 Å². The van der Waals surface area contributed by atoms with E-state index in [-0.39, 0.29) is 0 Å². The van der Waals surface area contributed by atoms with Crippen LogP contribution in [-0.2, 0) is 6.42 Å². The number of hydrogen-bond donors (Lipinski definition) is 1. The van der Waals surface area contributed by atoms with Gasteiger partial charge in [0, 0.05) is 23.2 Å². The second kappa shape index (κ2) is 6.68. The van der Waals surface area contributed by atoms with Crippen LogP contribution in [0.2, 0.25) is 0 Å². The Morgan fingerprint density at radius 1 is 1.42 bits per heavy atom. The zero-order valence-electron chi connectivity index (χ0n) is 11.6. The van der Waals surface area contributed by atoms with Crippen molar-refractivity contribution in [3.8, 4) is 5.88 Å². The molecule has 0 radical (unpaired) electrons. The van der Waals surface area contributed by atoms with Crippen molar-refractivity contribution in [1.82, 2.24) is 10.3 Å². The maximum atomic E-state index is 5.08. The van der Waals surface area contributed by atoms with Crippen LogP contribution in [0.3, 0.4) is 0 Å². The Kier molecular flexibility index (Phi) is 4.93. The van der Waals surface area contributed by atoms with Gasteiger partial charge in [0.25, 0.3) is 0 Å². The maximum Gasteiger partial charge on any atom is 0.212 e. The van der Waals surface area contributed by atoms with Gasteiger partial charge in [-0.15, -0.1) is 11.3 Å². The zero-order chi connectivity index (χ0) is 13.7. The third-order valence-electron chi connectivity index (χ3n) is 3.05. The molecule has 2 aromatic rings. The van der Waals surface area contributed by atoms with E-state index in [9.17, 15) is 0 Å². The van der Waals surface area contributed by atoms with Crippen LogP contribution in [0.25, 0.3) is 0 Å². The van der Waals surface area contributed by atoms with Crippen LogP contribution in [0.4, 0.5) is 0 Å². The fourth-order valence-electron chi connectivity index (χ4n) is 2.09. The lowest BCUT2D eigenvalue weighted by molar-refractivity contribution is 0.397. The average Bonchev–Trinajstić information content (AvgIpc) is 2.86. The first-order chi connectivity index (χ1) is 9.22. The summed E-state index contributed by atoms with van der Waals surface area (Å²) in [6, 6.07) is 6.60. The standard InChI is InChI=1S/C15H20N2OS/c1-4-16-14(13-7-11(2)19-10-13)8-12-5-6-15(18-3)17-9-12/h5-7,9-10,14,16H,4,8H2,1-3H3. The topological polar surface area (TPSA) is 34.1 Å². The molecule has 0 amide bonds. The van der Waals surface area contributed by atoms with Gasteiger partial charge in [-0.05, 0) is 42.5 Å². The van der Waals surface area contributed by atoms with E-state index in [1.165, 1.54) is 16.0 Å². The number of nitrogens with one attached hydrogen (secondary N) is 1. The summed E-state index contributed by atoms with van der Waals surface area (Å²) in [5.74, 6) is 0.662. The zero-order valence-corrected chi connectivity index (χ0v) is 12.5. The van der Waals surface area contributed by atoms with Crippen molar-refractivity contribution in [1.29, 1.82) is 0 Å². The lowest BCUT2D eigenvalue weighted by Gasteiger charge is -2.16. The summed E-state index contributed by atoms with van der Waals surface area (Å²) < 4.78 is 5.08. The highest BCUT2D eigenvalue weighted by molar-refractivity contribution is 7.10. The Morgan fingerprint density at radius 2 is 2.26 bits per heavy atom. The van der Waals surface area contributed by atoms with Crippen molar-refractivity contribution in [2.45, 2.75) is 26.3 Å². The molecule has 1 N–H and O–H groups in total. The second-order valence-electron chi connectivity index (χ2n) is 4.51. The van der Waals surface area contributed by atoms with Gasteiger partial charge in [-0.1, -0.05) is 13.0 Å². The molecule has 0 aliphatic heterocycles. The normalized spacial score (nSPS) is 12.4. The van der Waals surface area contributed by atoms with Crippen LogP contribution >= 0.6 is 11.3 Å². The van der Waals surface area contributed by atoms with Crippen molar-refractivity contribution in [3.63, 3.8) is 0 Å². The molecule has 1 unspecified atom stereocenters. The molecule has 2 aromatic heterocycles. The molecule has 0 aromatic carbocycles. The van der Waals surface area contributed by atoms with Crippen molar-refractivity contribution in [2.75, 3.05) is 13.7 Å². The first-order valence-corrected chi connectivity index (χ1v) is 7.38. The minimum atomic E-state index is 0.352. The number of ether oxygens (including phenoxy) is 1. The second-order valence-corrected chi connectivity index (χ2v) is 5.63. The summed E-state index contributed by atoms with van der Waals surface area (Å²) in [5, 5.41) is 5.77. The number of aromatic nitrogens is 1. The molecule has 0 saturated carbocycles. The molecule has 0 spiro atoms. The predicted molar refractivity (Wildman–Crippen MR) is 80.0 cm³/mol. The number of thiophene rings is 1. The van der Waals surface area contributed by atoms with Crippen molar-refractivity contribution < 1.29 is 4.74 Å². The van der Waals surface area contributed by atoms with E-state index in [4.69, 9.17) is 4.74 Å². The van der Waals surface area contributed by atoms with Crippen molar-refractivity contribution in [2.24, 2.45) is 0 Å². The van der Waals surface area contributed by atoms with E-state index in [0.717, 1.165) is 13.0 Å². The molecule has 0 bridgehead atoms. The first kappa shape index (κ1) is 14.0. The molecule has 2 heterocycles. The van der Waals surface area contributed by atoms with E-state index >= 15 is 0 Å². The number of hydrogen-bond acceptors (Lipinski definition) is 4. The molecular weight excluding hydrogens is 256 g/mol. The average molecular weight is 276 g/mol. The monoisotopic (exact) mass is 276 g/mol. The highest BCUT2D eigenvalue weighted by Gasteiger charge is 2.12. The molecule has 0 saturated heterocycles. The van der Waals surface area contributed by atoms with Gasteiger partial charge < -0.3 is 10.1 Å². The van der Waals surface area contributed by atoms with Gasteiger partial charge in [0.2, 0.25) is 5.88 Å². The number of pyridine rings is 1. The van der Waals surface area contributed by atoms with Crippen LogP contribution in [-0.4, -0.2) is 18.6 Å².